The second-order valence-corrected chi connectivity index (χ2v) is 5.98. The molecule has 1 N–H and O–H groups in total. The first-order valence-corrected chi connectivity index (χ1v) is 8.45. The number of rotatable bonds is 4. The van der Waals surface area contributed by atoms with Gasteiger partial charge in [0.2, 0.25) is 0 Å². The van der Waals surface area contributed by atoms with Crippen LogP contribution in [0.1, 0.15) is 15.9 Å². The van der Waals surface area contributed by atoms with Crippen molar-refractivity contribution in [2.45, 2.75) is 0 Å². The molecule has 0 unspecified atom stereocenters. The Morgan fingerprint density at radius 2 is 1.75 bits per heavy atom. The number of amides is 1. The number of nitrogens with zero attached hydrogens (tertiary/aromatic N) is 4. The fourth-order valence-electron chi connectivity index (χ4n) is 2.85. The molecule has 0 radical (unpaired) electrons. The van der Waals surface area contributed by atoms with E-state index in [-0.39, 0.29) is 11.3 Å². The molecule has 1 amide bonds. The van der Waals surface area contributed by atoms with Crippen molar-refractivity contribution in [3.8, 4) is 17.6 Å². The Hall–Kier alpha value is -4.18. The quantitative estimate of drug-likeness (QED) is 0.591. The van der Waals surface area contributed by atoms with Gasteiger partial charge in [0.1, 0.15) is 17.1 Å². The maximum Gasteiger partial charge on any atom is 0.261 e. The zero-order chi connectivity index (χ0) is 19.5. The third-order valence-corrected chi connectivity index (χ3v) is 4.19. The molecule has 0 saturated carbocycles. The van der Waals surface area contributed by atoms with Crippen LogP contribution in [0.15, 0.2) is 79.3 Å². The molecule has 0 aliphatic rings. The lowest BCUT2D eigenvalue weighted by Gasteiger charge is -2.12. The monoisotopic (exact) mass is 371 g/mol. The Labute approximate surface area is 160 Å². The number of hydrogen-bond acceptors (Lipinski definition) is 3. The molecule has 0 saturated heterocycles. The molecule has 2 aromatic carbocycles. The largest absolute Gasteiger partial charge is 0.322 e. The third-order valence-electron chi connectivity index (χ3n) is 4.19. The number of carbonyl (C=O) groups excluding carboxylic acids is 1. The van der Waals surface area contributed by atoms with Gasteiger partial charge in [-0.15, -0.1) is 0 Å². The van der Waals surface area contributed by atoms with Gasteiger partial charge in [0.15, 0.2) is 5.82 Å². The molecule has 7 heteroatoms. The third kappa shape index (κ3) is 3.15. The number of halogens is 1. The Morgan fingerprint density at radius 3 is 2.43 bits per heavy atom. The van der Waals surface area contributed by atoms with Crippen LogP contribution >= 0.6 is 0 Å². The Kier molecular flexibility index (Phi) is 4.44. The van der Waals surface area contributed by atoms with Gasteiger partial charge in [-0.25, -0.2) is 9.07 Å². The van der Waals surface area contributed by atoms with Crippen molar-refractivity contribution in [3.63, 3.8) is 0 Å². The first-order chi connectivity index (χ1) is 13.7. The lowest BCUT2D eigenvalue weighted by molar-refractivity contribution is 0.102. The van der Waals surface area contributed by atoms with Gasteiger partial charge in [0, 0.05) is 18.1 Å². The standard InChI is InChI=1S/C21H14FN5O/c22-18-5-1-2-6-19(18)27-21(26-11-3-4-12-26)17(14-24-27)20(28)25-16-9-7-15(13-23)8-10-16/h1-12,14H,(H,25,28). The van der Waals surface area contributed by atoms with E-state index in [1.807, 2.05) is 6.07 Å². The molecule has 28 heavy (non-hydrogen) atoms. The van der Waals surface area contributed by atoms with Crippen molar-refractivity contribution in [2.24, 2.45) is 0 Å². The van der Waals surface area contributed by atoms with E-state index in [4.69, 9.17) is 5.26 Å². The van der Waals surface area contributed by atoms with Gasteiger partial charge in [-0.05, 0) is 48.5 Å². The second-order valence-electron chi connectivity index (χ2n) is 5.98. The highest BCUT2D eigenvalue weighted by Gasteiger charge is 2.21. The topological polar surface area (TPSA) is 75.6 Å². The van der Waals surface area contributed by atoms with E-state index >= 15 is 0 Å². The number of nitriles is 1. The summed E-state index contributed by atoms with van der Waals surface area (Å²) in [5.74, 6) is -0.421. The summed E-state index contributed by atoms with van der Waals surface area (Å²) in [6, 6.07) is 18.4. The number of hydrogen-bond donors (Lipinski definition) is 1. The number of carbonyl (C=O) groups is 1. The van der Waals surface area contributed by atoms with Gasteiger partial charge in [-0.1, -0.05) is 12.1 Å². The predicted octanol–water partition coefficient (Wildman–Crippen LogP) is 3.93. The van der Waals surface area contributed by atoms with E-state index < -0.39 is 11.7 Å². The van der Waals surface area contributed by atoms with Gasteiger partial charge >= 0.3 is 0 Å². The average molecular weight is 371 g/mol. The van der Waals surface area contributed by atoms with Gasteiger partial charge < -0.3 is 9.88 Å². The maximum absolute atomic E-state index is 14.3. The van der Waals surface area contributed by atoms with Crippen LogP contribution in [0.3, 0.4) is 0 Å². The van der Waals surface area contributed by atoms with E-state index in [2.05, 4.69) is 10.4 Å². The highest BCUT2D eigenvalue weighted by Crippen LogP contribution is 2.22. The van der Waals surface area contributed by atoms with Crippen LogP contribution in [0.2, 0.25) is 0 Å². The Morgan fingerprint density at radius 1 is 1.04 bits per heavy atom. The molecule has 4 aromatic rings. The maximum atomic E-state index is 14.3. The van der Waals surface area contributed by atoms with Crippen LogP contribution in [-0.4, -0.2) is 20.3 Å². The van der Waals surface area contributed by atoms with Crippen molar-refractivity contribution in [2.75, 3.05) is 5.32 Å². The normalized spacial score (nSPS) is 10.4. The second kappa shape index (κ2) is 7.21. The highest BCUT2D eigenvalue weighted by molar-refractivity contribution is 6.06. The fraction of sp³-hybridized carbons (Fsp3) is 0. The van der Waals surface area contributed by atoms with Gasteiger partial charge in [-0.2, -0.15) is 10.4 Å². The average Bonchev–Trinajstić information content (AvgIpc) is 3.38. The summed E-state index contributed by atoms with van der Waals surface area (Å²) < 4.78 is 17.4. The summed E-state index contributed by atoms with van der Waals surface area (Å²) in [5.41, 5.74) is 1.56. The molecule has 4 rings (SSSR count). The zero-order valence-electron chi connectivity index (χ0n) is 14.6. The zero-order valence-corrected chi connectivity index (χ0v) is 14.6. The van der Waals surface area contributed by atoms with Crippen molar-refractivity contribution in [3.05, 3.63) is 96.2 Å². The van der Waals surface area contributed by atoms with Gasteiger partial charge in [0.25, 0.3) is 5.91 Å². The van der Waals surface area contributed by atoms with Gasteiger partial charge in [0.05, 0.1) is 17.8 Å². The molecular formula is C21H14FN5O. The summed E-state index contributed by atoms with van der Waals surface area (Å²) >= 11 is 0. The molecule has 136 valence electrons. The van der Waals surface area contributed by atoms with E-state index in [0.717, 1.165) is 0 Å². The molecule has 0 aliphatic carbocycles. The molecule has 2 heterocycles. The Bertz CT molecular complexity index is 1170. The Balaban J connectivity index is 1.76. The van der Waals surface area contributed by atoms with Crippen molar-refractivity contribution in [1.29, 1.82) is 5.26 Å². The lowest BCUT2D eigenvalue weighted by Crippen LogP contribution is -2.15. The van der Waals surface area contributed by atoms with Crippen LogP contribution in [-0.2, 0) is 0 Å². The van der Waals surface area contributed by atoms with E-state index in [0.29, 0.717) is 17.1 Å². The molecular weight excluding hydrogens is 357 g/mol. The smallest absolute Gasteiger partial charge is 0.261 e. The molecule has 0 spiro atoms. The van der Waals surface area contributed by atoms with Crippen LogP contribution in [0.25, 0.3) is 11.5 Å². The SMILES string of the molecule is N#Cc1ccc(NC(=O)c2cnn(-c3ccccc3F)c2-n2cccc2)cc1. The predicted molar refractivity (Wildman–Crippen MR) is 102 cm³/mol. The van der Waals surface area contributed by atoms with E-state index in [1.165, 1.54) is 16.9 Å². The van der Waals surface area contributed by atoms with E-state index in [9.17, 15) is 9.18 Å². The van der Waals surface area contributed by atoms with Crippen molar-refractivity contribution < 1.29 is 9.18 Å². The molecule has 0 bridgehead atoms. The number of benzene rings is 2. The van der Waals surface area contributed by atoms with Crippen molar-refractivity contribution >= 4 is 11.6 Å². The lowest BCUT2D eigenvalue weighted by atomic mass is 10.2. The summed E-state index contributed by atoms with van der Waals surface area (Å²) in [6.07, 6.45) is 4.92. The molecule has 6 nitrogen and oxygen atoms in total. The summed E-state index contributed by atoms with van der Waals surface area (Å²) in [4.78, 5) is 12.9. The number of nitrogens with one attached hydrogen (secondary N) is 1. The number of aromatic nitrogens is 3. The van der Waals surface area contributed by atoms with Crippen molar-refractivity contribution in [1.82, 2.24) is 14.3 Å². The molecule has 0 fully saturated rings. The number of anilines is 1. The summed E-state index contributed by atoms with van der Waals surface area (Å²) in [5, 5.41) is 15.9. The molecule has 0 atom stereocenters. The summed E-state index contributed by atoms with van der Waals surface area (Å²) in [6.45, 7) is 0. The number of para-hydroxylation sites is 1. The first-order valence-electron chi connectivity index (χ1n) is 8.45. The fourth-order valence-corrected chi connectivity index (χ4v) is 2.85. The van der Waals surface area contributed by atoms with Crippen LogP contribution in [0, 0.1) is 17.1 Å². The molecule has 0 aliphatic heterocycles. The van der Waals surface area contributed by atoms with Gasteiger partial charge in [-0.3, -0.25) is 4.79 Å². The minimum Gasteiger partial charge on any atom is -0.322 e. The molecule has 2 aromatic heterocycles. The van der Waals surface area contributed by atoms with E-state index in [1.54, 1.807) is 71.6 Å². The summed E-state index contributed by atoms with van der Waals surface area (Å²) in [7, 11) is 0. The van der Waals surface area contributed by atoms with Crippen LogP contribution < -0.4 is 5.32 Å². The minimum atomic E-state index is -0.446. The highest BCUT2D eigenvalue weighted by atomic mass is 19.1. The first kappa shape index (κ1) is 17.2. The minimum absolute atomic E-state index is 0.239. The van der Waals surface area contributed by atoms with Crippen LogP contribution in [0.4, 0.5) is 10.1 Å². The van der Waals surface area contributed by atoms with Crippen LogP contribution in [0.5, 0.6) is 0 Å².